The third-order valence-electron chi connectivity index (χ3n) is 3.59. The van der Waals surface area contributed by atoms with Crippen LogP contribution < -0.4 is 0 Å². The Morgan fingerprint density at radius 1 is 1.36 bits per heavy atom. The molecule has 1 amide bonds. The molecular formula is C16H19N3O3. The molecule has 1 aromatic rings. The van der Waals surface area contributed by atoms with Crippen molar-refractivity contribution in [2.24, 2.45) is 5.16 Å². The lowest BCUT2D eigenvalue weighted by Crippen LogP contribution is -2.53. The topological polar surface area (TPSA) is 76.4 Å². The molecule has 1 aromatic carbocycles. The summed E-state index contributed by atoms with van der Waals surface area (Å²) in [6.07, 6.45) is 6.09. The molecule has 0 radical (unpaired) electrons. The minimum atomic E-state index is -1.26. The standard InChI is InChI=1S/C16H19N3O3/c1-18(2)15(20)14-9-6-10-19(22)16(14,12-17-21)11-13-7-4-3-5-8-13/h3-10,12,21-22H,11H2,1-2H3. The molecule has 6 heteroatoms. The predicted octanol–water partition coefficient (Wildman–Crippen LogP) is 1.66. The zero-order valence-electron chi connectivity index (χ0n) is 12.5. The molecule has 0 fully saturated rings. The van der Waals surface area contributed by atoms with E-state index in [0.29, 0.717) is 5.57 Å². The third kappa shape index (κ3) is 2.87. The largest absolute Gasteiger partial charge is 0.411 e. The zero-order chi connectivity index (χ0) is 16.2. The van der Waals surface area contributed by atoms with E-state index < -0.39 is 5.54 Å². The fourth-order valence-corrected chi connectivity index (χ4v) is 2.47. The second-order valence-corrected chi connectivity index (χ2v) is 5.30. The van der Waals surface area contributed by atoms with Gasteiger partial charge >= 0.3 is 0 Å². The molecule has 0 aliphatic carbocycles. The number of allylic oxidation sites excluding steroid dienone is 2. The Labute approximate surface area is 129 Å². The molecule has 0 saturated heterocycles. The summed E-state index contributed by atoms with van der Waals surface area (Å²) in [5, 5.41) is 23.4. The van der Waals surface area contributed by atoms with E-state index >= 15 is 0 Å². The molecule has 1 unspecified atom stereocenters. The predicted molar refractivity (Wildman–Crippen MR) is 82.7 cm³/mol. The first-order valence-electron chi connectivity index (χ1n) is 6.82. The first-order valence-corrected chi connectivity index (χ1v) is 6.82. The molecule has 0 aromatic heterocycles. The highest BCUT2D eigenvalue weighted by molar-refractivity contribution is 6.01. The van der Waals surface area contributed by atoms with Crippen molar-refractivity contribution < 1.29 is 15.2 Å². The van der Waals surface area contributed by atoms with Crippen LogP contribution >= 0.6 is 0 Å². The molecule has 2 N–H and O–H groups in total. The number of amides is 1. The van der Waals surface area contributed by atoms with E-state index in [-0.39, 0.29) is 12.3 Å². The Kier molecular flexibility index (Phi) is 4.62. The number of hydrogen-bond donors (Lipinski definition) is 2. The van der Waals surface area contributed by atoms with Gasteiger partial charge < -0.3 is 10.1 Å². The van der Waals surface area contributed by atoms with Crippen LogP contribution in [-0.4, -0.2) is 52.1 Å². The molecule has 6 nitrogen and oxygen atoms in total. The van der Waals surface area contributed by atoms with Crippen molar-refractivity contribution in [2.45, 2.75) is 12.0 Å². The van der Waals surface area contributed by atoms with Gasteiger partial charge in [0.2, 0.25) is 0 Å². The van der Waals surface area contributed by atoms with Crippen LogP contribution in [0.4, 0.5) is 0 Å². The fraction of sp³-hybridized carbons (Fsp3) is 0.250. The molecule has 0 spiro atoms. The third-order valence-corrected chi connectivity index (χ3v) is 3.59. The molecule has 0 saturated carbocycles. The second kappa shape index (κ2) is 6.44. The number of likely N-dealkylation sites (N-methyl/N-ethyl adjacent to an activating group) is 1. The lowest BCUT2D eigenvalue weighted by atomic mass is 9.81. The van der Waals surface area contributed by atoms with Crippen molar-refractivity contribution in [1.29, 1.82) is 0 Å². The highest BCUT2D eigenvalue weighted by Crippen LogP contribution is 2.31. The molecule has 1 atom stereocenters. The van der Waals surface area contributed by atoms with E-state index in [2.05, 4.69) is 5.16 Å². The first kappa shape index (κ1) is 15.8. The molecule has 22 heavy (non-hydrogen) atoms. The summed E-state index contributed by atoms with van der Waals surface area (Å²) in [7, 11) is 3.26. The minimum absolute atomic E-state index is 0.265. The Hall–Kier alpha value is -2.60. The van der Waals surface area contributed by atoms with Gasteiger partial charge in [0.1, 0.15) is 5.54 Å². The van der Waals surface area contributed by atoms with Gasteiger partial charge in [0.25, 0.3) is 5.91 Å². The van der Waals surface area contributed by atoms with Crippen molar-refractivity contribution in [2.75, 3.05) is 14.1 Å². The van der Waals surface area contributed by atoms with Crippen LogP contribution in [0.15, 0.2) is 59.4 Å². The van der Waals surface area contributed by atoms with Crippen LogP contribution in [0.1, 0.15) is 5.56 Å². The summed E-state index contributed by atoms with van der Waals surface area (Å²) >= 11 is 0. The highest BCUT2D eigenvalue weighted by Gasteiger charge is 2.43. The lowest BCUT2D eigenvalue weighted by molar-refractivity contribution is -0.131. The van der Waals surface area contributed by atoms with Crippen LogP contribution in [0.5, 0.6) is 0 Å². The van der Waals surface area contributed by atoms with E-state index in [1.54, 1.807) is 26.2 Å². The van der Waals surface area contributed by atoms with E-state index in [4.69, 9.17) is 5.21 Å². The van der Waals surface area contributed by atoms with Crippen LogP contribution in [0, 0.1) is 0 Å². The zero-order valence-corrected chi connectivity index (χ0v) is 12.5. The molecule has 1 aliphatic heterocycles. The van der Waals surface area contributed by atoms with Crippen LogP contribution in [0.25, 0.3) is 0 Å². The maximum Gasteiger partial charge on any atom is 0.252 e. The highest BCUT2D eigenvalue weighted by atomic mass is 16.5. The molecule has 1 aliphatic rings. The van der Waals surface area contributed by atoms with E-state index in [1.165, 1.54) is 17.3 Å². The Bertz CT molecular complexity index is 623. The normalized spacial score (nSPS) is 21.0. The number of carbonyl (C=O) groups excluding carboxylic acids is 1. The van der Waals surface area contributed by atoms with Gasteiger partial charge in [-0.15, -0.1) is 0 Å². The first-order chi connectivity index (χ1) is 10.5. The second-order valence-electron chi connectivity index (χ2n) is 5.30. The van der Waals surface area contributed by atoms with Crippen molar-refractivity contribution in [1.82, 2.24) is 9.96 Å². The number of hydrogen-bond acceptors (Lipinski definition) is 5. The van der Waals surface area contributed by atoms with E-state index in [1.807, 2.05) is 30.3 Å². The van der Waals surface area contributed by atoms with Gasteiger partial charge in [-0.05, 0) is 17.7 Å². The molecule has 116 valence electrons. The van der Waals surface area contributed by atoms with Crippen molar-refractivity contribution >= 4 is 12.1 Å². The average molecular weight is 301 g/mol. The summed E-state index contributed by atoms with van der Waals surface area (Å²) in [4.78, 5) is 13.9. The number of oxime groups is 1. The van der Waals surface area contributed by atoms with E-state index in [0.717, 1.165) is 10.6 Å². The van der Waals surface area contributed by atoms with Crippen LogP contribution in [0.3, 0.4) is 0 Å². The summed E-state index contributed by atoms with van der Waals surface area (Å²) < 4.78 is 0. The molecule has 0 bridgehead atoms. The molecule has 2 rings (SSSR count). The fourth-order valence-electron chi connectivity index (χ4n) is 2.47. The number of hydroxylamine groups is 2. The maximum absolute atomic E-state index is 12.5. The summed E-state index contributed by atoms with van der Waals surface area (Å²) in [5.74, 6) is -0.265. The Morgan fingerprint density at radius 2 is 2.05 bits per heavy atom. The van der Waals surface area contributed by atoms with Gasteiger partial charge in [-0.3, -0.25) is 10.0 Å². The van der Waals surface area contributed by atoms with Gasteiger partial charge in [0, 0.05) is 26.7 Å². The molecular weight excluding hydrogens is 282 g/mol. The van der Waals surface area contributed by atoms with Crippen molar-refractivity contribution in [3.05, 3.63) is 59.8 Å². The van der Waals surface area contributed by atoms with Crippen molar-refractivity contribution in [3.8, 4) is 0 Å². The Morgan fingerprint density at radius 3 is 2.64 bits per heavy atom. The summed E-state index contributed by atoms with van der Waals surface area (Å²) in [6, 6.07) is 9.40. The number of benzene rings is 1. The van der Waals surface area contributed by atoms with E-state index in [9.17, 15) is 10.0 Å². The Balaban J connectivity index is 2.51. The lowest BCUT2D eigenvalue weighted by Gasteiger charge is -2.39. The number of nitrogens with zero attached hydrogens (tertiary/aromatic N) is 3. The van der Waals surface area contributed by atoms with Crippen LogP contribution in [-0.2, 0) is 11.2 Å². The monoisotopic (exact) mass is 301 g/mol. The van der Waals surface area contributed by atoms with Crippen LogP contribution in [0.2, 0.25) is 0 Å². The van der Waals surface area contributed by atoms with Gasteiger partial charge in [-0.2, -0.15) is 0 Å². The number of rotatable bonds is 4. The van der Waals surface area contributed by atoms with Crippen molar-refractivity contribution in [3.63, 3.8) is 0 Å². The smallest absolute Gasteiger partial charge is 0.252 e. The van der Waals surface area contributed by atoms with Gasteiger partial charge in [-0.25, -0.2) is 5.06 Å². The number of carbonyl (C=O) groups is 1. The minimum Gasteiger partial charge on any atom is -0.411 e. The summed E-state index contributed by atoms with van der Waals surface area (Å²) in [6.45, 7) is 0. The quantitative estimate of drug-likeness (QED) is 0.504. The SMILES string of the molecule is CN(C)C(=O)C1=CC=CN(O)C1(C=NO)Cc1ccccc1. The average Bonchev–Trinajstić information content (AvgIpc) is 2.50. The maximum atomic E-state index is 12.5. The molecule has 1 heterocycles. The van der Waals surface area contributed by atoms with Gasteiger partial charge in [0.15, 0.2) is 0 Å². The van der Waals surface area contributed by atoms with Gasteiger partial charge in [0.05, 0.1) is 11.8 Å². The van der Waals surface area contributed by atoms with Gasteiger partial charge in [-0.1, -0.05) is 35.5 Å². The summed E-state index contributed by atoms with van der Waals surface area (Å²) in [5.41, 5.74) is -0.0370.